The predicted octanol–water partition coefficient (Wildman–Crippen LogP) is 2.99. The van der Waals surface area contributed by atoms with E-state index in [0.717, 1.165) is 0 Å². The summed E-state index contributed by atoms with van der Waals surface area (Å²) in [6.07, 6.45) is 0.897. The molecule has 1 amide bonds. The maximum atomic E-state index is 13.3. The van der Waals surface area contributed by atoms with E-state index in [2.05, 4.69) is 0 Å². The lowest BCUT2D eigenvalue weighted by Crippen LogP contribution is -2.51. The average Bonchev–Trinajstić information content (AvgIpc) is 2.52. The first kappa shape index (κ1) is 20.6. The van der Waals surface area contributed by atoms with Gasteiger partial charge in [-0.3, -0.25) is 0 Å². The molecule has 1 aliphatic heterocycles. The van der Waals surface area contributed by atoms with E-state index in [1.165, 1.54) is 27.4 Å². The van der Waals surface area contributed by atoms with Crippen molar-refractivity contribution in [2.75, 3.05) is 20.1 Å². The molecule has 26 heavy (non-hydrogen) atoms. The summed E-state index contributed by atoms with van der Waals surface area (Å²) in [5.41, 5.74) is -0.198. The Bertz CT molecular complexity index is 746. The van der Waals surface area contributed by atoms with E-state index in [-0.39, 0.29) is 18.3 Å². The normalized spacial score (nSPS) is 19.2. The third-order valence-corrected chi connectivity index (χ3v) is 6.04. The molecule has 6 nitrogen and oxygen atoms in total. The van der Waals surface area contributed by atoms with Crippen molar-refractivity contribution in [1.82, 2.24) is 9.21 Å². The number of hydrogen-bond donors (Lipinski definition) is 0. The maximum Gasteiger partial charge on any atom is 0.410 e. The number of halogens is 1. The molecular formula is C18H27FN2O4S. The van der Waals surface area contributed by atoms with Crippen molar-refractivity contribution in [2.45, 2.75) is 51.0 Å². The fourth-order valence-electron chi connectivity index (χ4n) is 2.90. The van der Waals surface area contributed by atoms with Gasteiger partial charge in [0.2, 0.25) is 10.0 Å². The van der Waals surface area contributed by atoms with Crippen LogP contribution in [0.3, 0.4) is 0 Å². The van der Waals surface area contributed by atoms with Crippen molar-refractivity contribution in [1.29, 1.82) is 0 Å². The molecular weight excluding hydrogens is 359 g/mol. The van der Waals surface area contributed by atoms with Crippen LogP contribution in [0.5, 0.6) is 0 Å². The first-order valence-corrected chi connectivity index (χ1v) is 10.3. The first-order valence-electron chi connectivity index (χ1n) is 8.66. The van der Waals surface area contributed by atoms with E-state index < -0.39 is 27.5 Å². The summed E-state index contributed by atoms with van der Waals surface area (Å²) in [6.45, 7) is 5.98. The molecule has 2 rings (SSSR count). The topological polar surface area (TPSA) is 66.9 Å². The Hall–Kier alpha value is -1.67. The van der Waals surface area contributed by atoms with Crippen LogP contribution in [-0.2, 0) is 20.5 Å². The van der Waals surface area contributed by atoms with Gasteiger partial charge in [-0.25, -0.2) is 17.6 Å². The van der Waals surface area contributed by atoms with Crippen molar-refractivity contribution >= 4 is 16.1 Å². The number of nitrogens with zero attached hydrogens (tertiary/aromatic N) is 2. The minimum atomic E-state index is -3.59. The van der Waals surface area contributed by atoms with E-state index >= 15 is 0 Å². The second-order valence-corrected chi connectivity index (χ2v) is 9.60. The Kier molecular flexibility index (Phi) is 6.29. The Morgan fingerprint density at radius 3 is 2.69 bits per heavy atom. The van der Waals surface area contributed by atoms with E-state index in [0.29, 0.717) is 24.9 Å². The van der Waals surface area contributed by atoms with Crippen LogP contribution in [0.2, 0.25) is 0 Å². The van der Waals surface area contributed by atoms with Gasteiger partial charge in [0.15, 0.2) is 0 Å². The second-order valence-electron chi connectivity index (χ2n) is 7.63. The van der Waals surface area contributed by atoms with E-state index in [9.17, 15) is 17.6 Å². The number of ether oxygens (including phenoxy) is 1. The van der Waals surface area contributed by atoms with Crippen LogP contribution in [0.25, 0.3) is 0 Å². The van der Waals surface area contributed by atoms with Gasteiger partial charge in [-0.1, -0.05) is 12.1 Å². The molecule has 0 unspecified atom stereocenters. The molecule has 8 heteroatoms. The number of carbonyl (C=O) groups is 1. The molecule has 1 aromatic rings. The third-order valence-electron chi connectivity index (χ3n) is 4.22. The number of sulfonamides is 1. The summed E-state index contributed by atoms with van der Waals surface area (Å²) in [5.74, 6) is -0.716. The van der Waals surface area contributed by atoms with Gasteiger partial charge in [0.1, 0.15) is 11.4 Å². The number of piperidine rings is 1. The molecule has 0 radical (unpaired) electrons. The minimum absolute atomic E-state index is 0.216. The average molecular weight is 386 g/mol. The lowest BCUT2D eigenvalue weighted by Gasteiger charge is -2.37. The molecule has 1 aliphatic rings. The monoisotopic (exact) mass is 386 g/mol. The fraction of sp³-hybridized carbons (Fsp3) is 0.611. The Balaban J connectivity index is 2.05. The number of carbonyl (C=O) groups excluding carboxylic acids is 1. The summed E-state index contributed by atoms with van der Waals surface area (Å²) in [4.78, 5) is 13.7. The van der Waals surface area contributed by atoms with Crippen LogP contribution >= 0.6 is 0 Å². The van der Waals surface area contributed by atoms with E-state index in [1.807, 2.05) is 0 Å². The molecule has 1 heterocycles. The van der Waals surface area contributed by atoms with Crippen LogP contribution in [0.1, 0.15) is 39.2 Å². The van der Waals surface area contributed by atoms with Gasteiger partial charge >= 0.3 is 6.09 Å². The molecule has 1 saturated heterocycles. The lowest BCUT2D eigenvalue weighted by atomic mass is 10.1. The first-order chi connectivity index (χ1) is 12.0. The van der Waals surface area contributed by atoms with Crippen molar-refractivity contribution in [2.24, 2.45) is 0 Å². The van der Waals surface area contributed by atoms with Gasteiger partial charge < -0.3 is 9.64 Å². The molecule has 146 valence electrons. The highest BCUT2D eigenvalue weighted by atomic mass is 32.2. The van der Waals surface area contributed by atoms with Crippen molar-refractivity contribution in [3.05, 3.63) is 35.6 Å². The van der Waals surface area contributed by atoms with Gasteiger partial charge in [0, 0.05) is 26.2 Å². The van der Waals surface area contributed by atoms with Crippen LogP contribution in [-0.4, -0.2) is 55.5 Å². The van der Waals surface area contributed by atoms with Crippen LogP contribution < -0.4 is 0 Å². The van der Waals surface area contributed by atoms with E-state index in [1.54, 1.807) is 33.9 Å². The lowest BCUT2D eigenvalue weighted by molar-refractivity contribution is 0.0173. The van der Waals surface area contributed by atoms with E-state index in [4.69, 9.17) is 4.74 Å². The summed E-state index contributed by atoms with van der Waals surface area (Å²) >= 11 is 0. The number of benzene rings is 1. The standard InChI is InChI=1S/C18H27FN2O4S/c1-18(2,3)25-17(22)20(4)16-9-6-10-21(12-16)26(23,24)13-14-7-5-8-15(19)11-14/h5,7-8,11,16H,6,9-10,12-13H2,1-4H3/t16-/m0/s1. The maximum absolute atomic E-state index is 13.3. The Morgan fingerprint density at radius 1 is 1.38 bits per heavy atom. The molecule has 0 bridgehead atoms. The summed E-state index contributed by atoms with van der Waals surface area (Å²) in [5, 5.41) is 0. The Labute approximate surface area is 155 Å². The smallest absolute Gasteiger partial charge is 0.410 e. The number of likely N-dealkylation sites (N-methyl/N-ethyl adjacent to an activating group) is 1. The summed E-state index contributed by atoms with van der Waals surface area (Å²) in [6, 6.07) is 5.35. The molecule has 0 aromatic heterocycles. The SMILES string of the molecule is CN(C(=O)OC(C)(C)C)[C@H]1CCCN(S(=O)(=O)Cc2cccc(F)c2)C1. The second kappa shape index (κ2) is 7.92. The highest BCUT2D eigenvalue weighted by Gasteiger charge is 2.33. The molecule has 0 N–H and O–H groups in total. The fourth-order valence-corrected chi connectivity index (χ4v) is 4.49. The highest BCUT2D eigenvalue weighted by Crippen LogP contribution is 2.22. The van der Waals surface area contributed by atoms with Crippen LogP contribution in [0.15, 0.2) is 24.3 Å². The molecule has 1 atom stereocenters. The summed E-state index contributed by atoms with van der Waals surface area (Å²) in [7, 11) is -1.97. The largest absolute Gasteiger partial charge is 0.444 e. The highest BCUT2D eigenvalue weighted by molar-refractivity contribution is 7.88. The molecule has 0 spiro atoms. The quantitative estimate of drug-likeness (QED) is 0.798. The third kappa shape index (κ3) is 5.67. The zero-order valence-corrected chi connectivity index (χ0v) is 16.6. The molecule has 1 aromatic carbocycles. The zero-order valence-electron chi connectivity index (χ0n) is 15.7. The Morgan fingerprint density at radius 2 is 2.08 bits per heavy atom. The van der Waals surface area contributed by atoms with Gasteiger partial charge in [0.25, 0.3) is 0 Å². The van der Waals surface area contributed by atoms with Crippen molar-refractivity contribution < 1.29 is 22.3 Å². The van der Waals surface area contributed by atoms with Gasteiger partial charge in [-0.05, 0) is 51.3 Å². The van der Waals surface area contributed by atoms with Crippen molar-refractivity contribution in [3.8, 4) is 0 Å². The number of amides is 1. The number of hydrogen-bond acceptors (Lipinski definition) is 4. The van der Waals surface area contributed by atoms with Crippen LogP contribution in [0, 0.1) is 5.82 Å². The van der Waals surface area contributed by atoms with Gasteiger partial charge in [0.05, 0.1) is 5.75 Å². The minimum Gasteiger partial charge on any atom is -0.444 e. The predicted molar refractivity (Wildman–Crippen MR) is 97.6 cm³/mol. The molecule has 1 fully saturated rings. The van der Waals surface area contributed by atoms with Gasteiger partial charge in [-0.2, -0.15) is 4.31 Å². The molecule has 0 aliphatic carbocycles. The van der Waals surface area contributed by atoms with Crippen LogP contribution in [0.4, 0.5) is 9.18 Å². The zero-order chi connectivity index (χ0) is 19.5. The van der Waals surface area contributed by atoms with Gasteiger partial charge in [-0.15, -0.1) is 0 Å². The summed E-state index contributed by atoms with van der Waals surface area (Å²) < 4.78 is 45.5. The number of rotatable bonds is 4. The van der Waals surface area contributed by atoms with Crippen molar-refractivity contribution in [3.63, 3.8) is 0 Å². The molecule has 0 saturated carbocycles.